The molecule has 1 aromatic rings. The molecule has 1 heterocycles. The van der Waals surface area contributed by atoms with Crippen LogP contribution in [0.25, 0.3) is 0 Å². The zero-order chi connectivity index (χ0) is 13.0. The van der Waals surface area contributed by atoms with E-state index in [1.165, 1.54) is 12.1 Å². The quantitative estimate of drug-likeness (QED) is 0.870. The van der Waals surface area contributed by atoms with Gasteiger partial charge in [-0.05, 0) is 31.0 Å². The summed E-state index contributed by atoms with van der Waals surface area (Å²) in [6.07, 6.45) is -2.19. The van der Waals surface area contributed by atoms with Gasteiger partial charge in [-0.3, -0.25) is 0 Å². The van der Waals surface area contributed by atoms with E-state index in [1.54, 1.807) is 6.07 Å². The predicted molar refractivity (Wildman–Crippen MR) is 64.2 cm³/mol. The number of nitrogens with one attached hydrogen (secondary N) is 2. The van der Waals surface area contributed by atoms with E-state index in [1.807, 2.05) is 0 Å². The average Bonchev–Trinajstić information content (AvgIpc) is 2.37. The molecule has 0 saturated carbocycles. The Kier molecular flexibility index (Phi) is 4.24. The molecule has 0 amide bonds. The molecule has 0 bridgehead atoms. The van der Waals surface area contributed by atoms with Gasteiger partial charge in [-0.15, -0.1) is 0 Å². The first-order valence-corrected chi connectivity index (χ1v) is 6.16. The van der Waals surface area contributed by atoms with Crippen LogP contribution in [-0.4, -0.2) is 19.1 Å². The summed E-state index contributed by atoms with van der Waals surface area (Å²) in [7, 11) is 0. The van der Waals surface area contributed by atoms with Crippen LogP contribution in [0.2, 0.25) is 0 Å². The van der Waals surface area contributed by atoms with E-state index in [0.717, 1.165) is 32.0 Å². The van der Waals surface area contributed by atoms with Crippen LogP contribution in [0.4, 0.5) is 13.2 Å². The minimum Gasteiger partial charge on any atom is -0.315 e. The van der Waals surface area contributed by atoms with Gasteiger partial charge < -0.3 is 10.6 Å². The Morgan fingerprint density at radius 3 is 2.72 bits per heavy atom. The first-order valence-electron chi connectivity index (χ1n) is 6.16. The van der Waals surface area contributed by atoms with E-state index in [2.05, 4.69) is 10.6 Å². The Morgan fingerprint density at radius 1 is 1.28 bits per heavy atom. The Balaban J connectivity index is 2.00. The van der Waals surface area contributed by atoms with Gasteiger partial charge >= 0.3 is 6.18 Å². The predicted octanol–water partition coefficient (Wildman–Crippen LogP) is 2.55. The summed E-state index contributed by atoms with van der Waals surface area (Å²) in [5.74, 6) is 0. The summed E-state index contributed by atoms with van der Waals surface area (Å²) in [5, 5.41) is 6.42. The van der Waals surface area contributed by atoms with Gasteiger partial charge in [0.25, 0.3) is 0 Å². The zero-order valence-electron chi connectivity index (χ0n) is 10.1. The molecule has 1 aliphatic rings. The SMILES string of the molecule is FC(F)(F)c1ccccc1CN[C@H]1CCCNC1. The Morgan fingerprint density at radius 2 is 2.06 bits per heavy atom. The van der Waals surface area contributed by atoms with Crippen molar-refractivity contribution in [1.82, 2.24) is 10.6 Å². The normalized spacial score (nSPS) is 20.9. The van der Waals surface area contributed by atoms with Crippen LogP contribution in [0.1, 0.15) is 24.0 Å². The molecule has 0 unspecified atom stereocenters. The molecule has 2 rings (SSSR count). The Bertz CT molecular complexity index is 384. The molecule has 2 N–H and O–H groups in total. The molecular formula is C13H17F3N2. The summed E-state index contributed by atoms with van der Waals surface area (Å²) in [6, 6.07) is 6.00. The minimum atomic E-state index is -4.27. The average molecular weight is 258 g/mol. The molecule has 1 aliphatic heterocycles. The maximum atomic E-state index is 12.8. The van der Waals surface area contributed by atoms with Crippen LogP contribution >= 0.6 is 0 Å². The van der Waals surface area contributed by atoms with Crippen molar-refractivity contribution in [2.75, 3.05) is 13.1 Å². The maximum absolute atomic E-state index is 12.8. The van der Waals surface area contributed by atoms with Crippen molar-refractivity contribution < 1.29 is 13.2 Å². The molecular weight excluding hydrogens is 241 g/mol. The van der Waals surface area contributed by atoms with Gasteiger partial charge in [0.05, 0.1) is 5.56 Å². The number of rotatable bonds is 3. The third kappa shape index (κ3) is 3.46. The fraction of sp³-hybridized carbons (Fsp3) is 0.538. The molecule has 1 fully saturated rings. The second-order valence-corrected chi connectivity index (χ2v) is 4.58. The first kappa shape index (κ1) is 13.4. The molecule has 0 spiro atoms. The number of piperidine rings is 1. The minimum absolute atomic E-state index is 0.264. The molecule has 5 heteroatoms. The van der Waals surface area contributed by atoms with Crippen molar-refractivity contribution in [1.29, 1.82) is 0 Å². The van der Waals surface area contributed by atoms with Gasteiger partial charge in [0.1, 0.15) is 0 Å². The van der Waals surface area contributed by atoms with Crippen molar-refractivity contribution >= 4 is 0 Å². The summed E-state index contributed by atoms with van der Waals surface area (Å²) in [6.45, 7) is 2.09. The molecule has 18 heavy (non-hydrogen) atoms. The first-order chi connectivity index (χ1) is 8.57. The molecule has 1 aromatic carbocycles. The summed E-state index contributed by atoms with van der Waals surface area (Å²) >= 11 is 0. The van der Waals surface area contributed by atoms with Crippen LogP contribution in [0, 0.1) is 0 Å². The van der Waals surface area contributed by atoms with E-state index < -0.39 is 11.7 Å². The van der Waals surface area contributed by atoms with Crippen LogP contribution in [0.5, 0.6) is 0 Å². The van der Waals surface area contributed by atoms with Crippen LogP contribution in [-0.2, 0) is 12.7 Å². The van der Waals surface area contributed by atoms with Gasteiger partial charge in [0.2, 0.25) is 0 Å². The fourth-order valence-electron chi connectivity index (χ4n) is 2.23. The molecule has 1 atom stereocenters. The largest absolute Gasteiger partial charge is 0.416 e. The van der Waals surface area contributed by atoms with E-state index in [9.17, 15) is 13.2 Å². The summed E-state index contributed by atoms with van der Waals surface area (Å²) < 4.78 is 38.3. The molecule has 2 nitrogen and oxygen atoms in total. The molecule has 100 valence electrons. The third-order valence-electron chi connectivity index (χ3n) is 3.20. The lowest BCUT2D eigenvalue weighted by Gasteiger charge is -2.24. The molecule has 0 radical (unpaired) electrons. The van der Waals surface area contributed by atoms with Crippen LogP contribution < -0.4 is 10.6 Å². The Hall–Kier alpha value is -1.07. The summed E-state index contributed by atoms with van der Waals surface area (Å²) in [5.41, 5.74) is -0.225. The van der Waals surface area contributed by atoms with Crippen molar-refractivity contribution in [3.8, 4) is 0 Å². The van der Waals surface area contributed by atoms with Crippen molar-refractivity contribution in [3.63, 3.8) is 0 Å². The van der Waals surface area contributed by atoms with E-state index >= 15 is 0 Å². The third-order valence-corrected chi connectivity index (χ3v) is 3.20. The van der Waals surface area contributed by atoms with Crippen LogP contribution in [0.15, 0.2) is 24.3 Å². The van der Waals surface area contributed by atoms with Gasteiger partial charge in [0.15, 0.2) is 0 Å². The second-order valence-electron chi connectivity index (χ2n) is 4.58. The van der Waals surface area contributed by atoms with E-state index in [0.29, 0.717) is 5.56 Å². The van der Waals surface area contributed by atoms with Gasteiger partial charge in [-0.25, -0.2) is 0 Å². The van der Waals surface area contributed by atoms with Crippen LogP contribution in [0.3, 0.4) is 0 Å². The Labute approximate surface area is 105 Å². The molecule has 0 aliphatic carbocycles. The highest BCUT2D eigenvalue weighted by Crippen LogP contribution is 2.31. The van der Waals surface area contributed by atoms with Gasteiger partial charge in [-0.2, -0.15) is 13.2 Å². The second kappa shape index (κ2) is 5.71. The number of hydrogen-bond donors (Lipinski definition) is 2. The van der Waals surface area contributed by atoms with E-state index in [-0.39, 0.29) is 12.6 Å². The monoisotopic (exact) mass is 258 g/mol. The number of halogens is 3. The van der Waals surface area contributed by atoms with Crippen molar-refractivity contribution in [2.24, 2.45) is 0 Å². The highest BCUT2D eigenvalue weighted by Gasteiger charge is 2.32. The van der Waals surface area contributed by atoms with Crippen molar-refractivity contribution in [3.05, 3.63) is 35.4 Å². The van der Waals surface area contributed by atoms with E-state index in [4.69, 9.17) is 0 Å². The lowest BCUT2D eigenvalue weighted by atomic mass is 10.0. The zero-order valence-corrected chi connectivity index (χ0v) is 10.1. The smallest absolute Gasteiger partial charge is 0.315 e. The summed E-state index contributed by atoms with van der Waals surface area (Å²) in [4.78, 5) is 0. The lowest BCUT2D eigenvalue weighted by Crippen LogP contribution is -2.42. The molecule has 0 aromatic heterocycles. The topological polar surface area (TPSA) is 24.1 Å². The van der Waals surface area contributed by atoms with Gasteiger partial charge in [0, 0.05) is 19.1 Å². The number of hydrogen-bond acceptors (Lipinski definition) is 2. The standard InChI is InChI=1S/C13H17F3N2/c14-13(15,16)12-6-2-1-4-10(12)8-18-11-5-3-7-17-9-11/h1-2,4,6,11,17-18H,3,5,7-9H2/t11-/m0/s1. The molecule has 1 saturated heterocycles. The maximum Gasteiger partial charge on any atom is 0.416 e. The van der Waals surface area contributed by atoms with Crippen molar-refractivity contribution in [2.45, 2.75) is 31.6 Å². The highest BCUT2D eigenvalue weighted by molar-refractivity contribution is 5.29. The number of benzene rings is 1. The highest BCUT2D eigenvalue weighted by atomic mass is 19.4. The van der Waals surface area contributed by atoms with Gasteiger partial charge in [-0.1, -0.05) is 18.2 Å². The number of alkyl halides is 3. The lowest BCUT2D eigenvalue weighted by molar-refractivity contribution is -0.138. The fourth-order valence-corrected chi connectivity index (χ4v) is 2.23.